The van der Waals surface area contributed by atoms with E-state index in [0.717, 1.165) is 58.7 Å². The highest BCUT2D eigenvalue weighted by Crippen LogP contribution is 2.40. The van der Waals surface area contributed by atoms with Gasteiger partial charge in [-0.05, 0) is 87.0 Å². The van der Waals surface area contributed by atoms with Gasteiger partial charge in [0, 0.05) is 48.7 Å². The molecule has 11 nitrogen and oxygen atoms in total. The second-order valence-electron chi connectivity index (χ2n) is 12.9. The molecule has 3 fully saturated rings. The number of piperidine rings is 1. The molecule has 46 heavy (non-hydrogen) atoms. The number of nitrogens with two attached hydrogens (primary N) is 1. The van der Waals surface area contributed by atoms with Crippen LogP contribution in [-0.4, -0.2) is 71.1 Å². The summed E-state index contributed by atoms with van der Waals surface area (Å²) in [4.78, 5) is 26.1. The number of imidazole rings is 1. The van der Waals surface area contributed by atoms with Gasteiger partial charge in [0.25, 0.3) is 5.91 Å². The molecule has 3 N–H and O–H groups in total. The zero-order valence-corrected chi connectivity index (χ0v) is 26.9. The van der Waals surface area contributed by atoms with Crippen molar-refractivity contribution in [3.05, 3.63) is 60.2 Å². The molecule has 0 unspecified atom stereocenters. The van der Waals surface area contributed by atoms with E-state index in [1.165, 1.54) is 19.9 Å². The molecule has 1 aliphatic heterocycles. The van der Waals surface area contributed by atoms with Crippen molar-refractivity contribution >= 4 is 38.0 Å². The lowest BCUT2D eigenvalue weighted by Gasteiger charge is -2.27. The highest BCUT2D eigenvalue weighted by atomic mass is 32.2. The van der Waals surface area contributed by atoms with E-state index in [9.17, 15) is 13.2 Å². The zero-order valence-electron chi connectivity index (χ0n) is 26.1. The monoisotopic (exact) mass is 639 g/mol. The number of ether oxygens (including phenoxy) is 1. The fourth-order valence-corrected chi connectivity index (χ4v) is 8.14. The molecule has 0 radical (unpaired) electrons. The van der Waals surface area contributed by atoms with E-state index in [0.29, 0.717) is 35.2 Å². The Kier molecular flexibility index (Phi) is 6.75. The standard InChI is InChI=1S/C34H37N7O4S/c1-36-46(43,44)24-10-6-20(7-11-24)25-12-8-21-15-28(40(32(21)37-25)17-19-4-5-19)33-38-26-14-23(16-29(45-3)31(26)39(33)2)34(42)41-18-22-9-13-27(41)30(22)35/h6-8,10-12,14-16,19,22,27,30,36H,4-5,9,13,17-18,35H2,1-3H3/t22-,27-,30-/m1/s1. The SMILES string of the molecule is CNS(=O)(=O)c1ccc(-c2ccc3cc(-c4nc5cc(C(=O)N6C[C@H]7CC[C@@H]6[C@@H]7N)cc(OC)c5n4C)n(CC4CC4)c3n2)cc1. The van der Waals surface area contributed by atoms with Gasteiger partial charge < -0.3 is 24.5 Å². The first kappa shape index (κ1) is 29.2. The van der Waals surface area contributed by atoms with Gasteiger partial charge in [-0.25, -0.2) is 23.1 Å². The Hall–Kier alpha value is -4.26. The Morgan fingerprint density at radius 1 is 1.04 bits per heavy atom. The van der Waals surface area contributed by atoms with Gasteiger partial charge in [0.15, 0.2) is 5.82 Å². The minimum atomic E-state index is -3.53. The number of nitrogens with one attached hydrogen (secondary N) is 1. The third-order valence-electron chi connectivity index (χ3n) is 10.2. The van der Waals surface area contributed by atoms with Crippen LogP contribution in [0.2, 0.25) is 0 Å². The average molecular weight is 640 g/mol. The number of benzene rings is 2. The number of rotatable bonds is 8. The van der Waals surface area contributed by atoms with Gasteiger partial charge >= 0.3 is 0 Å². The predicted octanol–water partition coefficient (Wildman–Crippen LogP) is 4.15. The first-order chi connectivity index (χ1) is 22.2. The zero-order chi connectivity index (χ0) is 31.9. The summed E-state index contributed by atoms with van der Waals surface area (Å²) in [5.74, 6) is 2.29. The van der Waals surface area contributed by atoms with E-state index in [2.05, 4.69) is 21.4 Å². The quantitative estimate of drug-likeness (QED) is 0.260. The van der Waals surface area contributed by atoms with Crippen LogP contribution < -0.4 is 15.2 Å². The number of fused-ring (bicyclic) bond motifs is 4. The molecule has 3 aliphatic rings. The van der Waals surface area contributed by atoms with Crippen LogP contribution in [0.1, 0.15) is 36.0 Å². The van der Waals surface area contributed by atoms with E-state index in [4.69, 9.17) is 20.4 Å². The molecule has 2 aromatic carbocycles. The maximum atomic E-state index is 13.7. The van der Waals surface area contributed by atoms with Crippen molar-refractivity contribution in [2.75, 3.05) is 20.7 Å². The number of carbonyl (C=O) groups excluding carboxylic acids is 1. The van der Waals surface area contributed by atoms with Crippen molar-refractivity contribution in [1.29, 1.82) is 0 Å². The topological polar surface area (TPSA) is 137 Å². The highest BCUT2D eigenvalue weighted by molar-refractivity contribution is 7.89. The maximum absolute atomic E-state index is 13.7. The fraction of sp³-hybridized carbons (Fsp3) is 0.382. The van der Waals surface area contributed by atoms with Crippen LogP contribution >= 0.6 is 0 Å². The molecule has 2 saturated carbocycles. The highest BCUT2D eigenvalue weighted by Gasteiger charge is 2.47. The third kappa shape index (κ3) is 4.61. The van der Waals surface area contributed by atoms with Crippen molar-refractivity contribution in [2.24, 2.45) is 24.6 Å². The molecule has 3 aromatic heterocycles. The Morgan fingerprint density at radius 2 is 1.83 bits per heavy atom. The molecule has 2 bridgehead atoms. The Balaban J connectivity index is 1.21. The van der Waals surface area contributed by atoms with Crippen LogP contribution in [0.15, 0.2) is 59.5 Å². The first-order valence-electron chi connectivity index (χ1n) is 15.8. The third-order valence-corrected chi connectivity index (χ3v) is 11.6. The average Bonchev–Trinajstić information content (AvgIpc) is 3.47. The van der Waals surface area contributed by atoms with Crippen molar-refractivity contribution < 1.29 is 17.9 Å². The summed E-state index contributed by atoms with van der Waals surface area (Å²) in [6, 6.07) is 16.7. The minimum absolute atomic E-state index is 0.0220. The van der Waals surface area contributed by atoms with E-state index >= 15 is 0 Å². The molecule has 1 amide bonds. The molecule has 8 rings (SSSR count). The second-order valence-corrected chi connectivity index (χ2v) is 14.8. The number of aryl methyl sites for hydroxylation is 1. The number of methoxy groups -OCH3 is 1. The minimum Gasteiger partial charge on any atom is -0.494 e. The van der Waals surface area contributed by atoms with Gasteiger partial charge in [-0.1, -0.05) is 12.1 Å². The molecule has 2 aliphatic carbocycles. The van der Waals surface area contributed by atoms with Gasteiger partial charge in [-0.3, -0.25) is 4.79 Å². The number of hydrogen-bond acceptors (Lipinski definition) is 7. The summed E-state index contributed by atoms with van der Waals surface area (Å²) < 4.78 is 36.9. The van der Waals surface area contributed by atoms with Crippen molar-refractivity contribution in [3.8, 4) is 28.5 Å². The van der Waals surface area contributed by atoms with Crippen LogP contribution in [0.5, 0.6) is 5.75 Å². The number of aromatic nitrogens is 4. The summed E-state index contributed by atoms with van der Waals surface area (Å²) in [6.07, 6.45) is 4.38. The van der Waals surface area contributed by atoms with E-state index in [1.807, 2.05) is 34.7 Å². The van der Waals surface area contributed by atoms with Crippen LogP contribution in [-0.2, 0) is 23.6 Å². The molecular weight excluding hydrogens is 602 g/mol. The molecular formula is C34H37N7O4S. The molecule has 1 saturated heterocycles. The fourth-order valence-electron chi connectivity index (χ4n) is 7.41. The maximum Gasteiger partial charge on any atom is 0.254 e. The van der Waals surface area contributed by atoms with Crippen molar-refractivity contribution in [3.63, 3.8) is 0 Å². The normalized spacial score (nSPS) is 21.1. The predicted molar refractivity (Wildman–Crippen MR) is 176 cm³/mol. The van der Waals surface area contributed by atoms with Crippen LogP contribution in [0, 0.1) is 11.8 Å². The molecule has 12 heteroatoms. The van der Waals surface area contributed by atoms with Gasteiger partial charge in [0.2, 0.25) is 10.0 Å². The number of pyridine rings is 1. The Bertz CT molecular complexity index is 2130. The summed E-state index contributed by atoms with van der Waals surface area (Å²) in [6.45, 7) is 1.52. The molecule has 5 aromatic rings. The summed E-state index contributed by atoms with van der Waals surface area (Å²) in [5.41, 5.74) is 11.9. The lowest BCUT2D eigenvalue weighted by Crippen LogP contribution is -2.41. The molecule has 3 atom stereocenters. The van der Waals surface area contributed by atoms with Crippen molar-refractivity contribution in [2.45, 2.75) is 49.2 Å². The second kappa shape index (κ2) is 10.6. The van der Waals surface area contributed by atoms with E-state index < -0.39 is 10.0 Å². The lowest BCUT2D eigenvalue weighted by atomic mass is 10.1. The molecule has 0 spiro atoms. The molecule has 238 valence electrons. The number of amides is 1. The molecule has 4 heterocycles. The first-order valence-corrected chi connectivity index (χ1v) is 17.3. The Morgan fingerprint density at radius 3 is 2.48 bits per heavy atom. The lowest BCUT2D eigenvalue weighted by molar-refractivity contribution is 0.0700. The van der Waals surface area contributed by atoms with E-state index in [1.54, 1.807) is 31.4 Å². The smallest absolute Gasteiger partial charge is 0.254 e. The van der Waals surface area contributed by atoms with Crippen LogP contribution in [0.3, 0.4) is 0 Å². The number of sulfonamides is 1. The number of carbonyl (C=O) groups is 1. The van der Waals surface area contributed by atoms with E-state index in [-0.39, 0.29) is 22.9 Å². The van der Waals surface area contributed by atoms with Crippen LogP contribution in [0.25, 0.3) is 44.8 Å². The number of nitrogens with zero attached hydrogens (tertiary/aromatic N) is 5. The summed E-state index contributed by atoms with van der Waals surface area (Å²) in [7, 11) is 1.47. The summed E-state index contributed by atoms with van der Waals surface area (Å²) >= 11 is 0. The Labute approximate surface area is 267 Å². The van der Waals surface area contributed by atoms with Gasteiger partial charge in [0.05, 0.1) is 28.9 Å². The number of likely N-dealkylation sites (tertiary alicyclic amines) is 1. The largest absolute Gasteiger partial charge is 0.494 e. The van der Waals surface area contributed by atoms with Crippen molar-refractivity contribution in [1.82, 2.24) is 28.7 Å². The van der Waals surface area contributed by atoms with Crippen LogP contribution in [0.4, 0.5) is 0 Å². The summed E-state index contributed by atoms with van der Waals surface area (Å²) in [5, 5.41) is 0.990. The van der Waals surface area contributed by atoms with Gasteiger partial charge in [-0.15, -0.1) is 0 Å². The van der Waals surface area contributed by atoms with Gasteiger partial charge in [-0.2, -0.15) is 0 Å². The number of hydrogen-bond donors (Lipinski definition) is 2. The van der Waals surface area contributed by atoms with Gasteiger partial charge in [0.1, 0.15) is 16.9 Å².